The van der Waals surface area contributed by atoms with Gasteiger partial charge in [0.05, 0.1) is 11.5 Å². The van der Waals surface area contributed by atoms with Crippen molar-refractivity contribution >= 4 is 46.3 Å². The molecule has 1 saturated heterocycles. The normalized spacial score (nSPS) is 16.0. The van der Waals surface area contributed by atoms with Gasteiger partial charge in [0.15, 0.2) is 0 Å². The SMILES string of the molecule is CCCOc1ccccc1/C=C1\SC(=S)N(CCCC(=O)O)C1=O. The van der Waals surface area contributed by atoms with Crippen LogP contribution in [0.5, 0.6) is 5.75 Å². The zero-order valence-corrected chi connectivity index (χ0v) is 15.0. The number of ether oxygens (including phenoxy) is 1. The first-order valence-electron chi connectivity index (χ1n) is 7.72. The van der Waals surface area contributed by atoms with Crippen molar-refractivity contribution in [2.75, 3.05) is 13.2 Å². The van der Waals surface area contributed by atoms with Crippen molar-refractivity contribution in [3.05, 3.63) is 34.7 Å². The van der Waals surface area contributed by atoms with E-state index >= 15 is 0 Å². The van der Waals surface area contributed by atoms with Crippen LogP contribution in [0.15, 0.2) is 29.2 Å². The van der Waals surface area contributed by atoms with Gasteiger partial charge in [0.1, 0.15) is 10.1 Å². The van der Waals surface area contributed by atoms with Crippen LogP contribution >= 0.6 is 24.0 Å². The first-order valence-corrected chi connectivity index (χ1v) is 8.94. The predicted molar refractivity (Wildman–Crippen MR) is 99.0 cm³/mol. The van der Waals surface area contributed by atoms with Crippen LogP contribution in [0.2, 0.25) is 0 Å². The number of thiocarbonyl (C=S) groups is 1. The Morgan fingerprint density at radius 1 is 1.42 bits per heavy atom. The molecule has 0 aliphatic carbocycles. The fraction of sp³-hybridized carbons (Fsp3) is 0.353. The van der Waals surface area contributed by atoms with Gasteiger partial charge in [-0.05, 0) is 25.0 Å². The molecule has 0 bridgehead atoms. The Morgan fingerprint density at radius 3 is 2.88 bits per heavy atom. The van der Waals surface area contributed by atoms with E-state index in [0.29, 0.717) is 28.8 Å². The number of hydrogen-bond donors (Lipinski definition) is 1. The van der Waals surface area contributed by atoms with Gasteiger partial charge in [-0.1, -0.05) is 49.1 Å². The maximum atomic E-state index is 12.5. The molecule has 2 rings (SSSR count). The Bertz CT molecular complexity index is 672. The lowest BCUT2D eigenvalue weighted by molar-refractivity contribution is -0.137. The third-order valence-corrected chi connectivity index (χ3v) is 4.69. The van der Waals surface area contributed by atoms with E-state index in [1.165, 1.54) is 16.7 Å². The van der Waals surface area contributed by atoms with Crippen molar-refractivity contribution in [3.63, 3.8) is 0 Å². The standard InChI is InChI=1S/C17H19NO4S2/c1-2-10-22-13-7-4-3-6-12(13)11-14-16(21)18(17(23)24-14)9-5-8-15(19)20/h3-4,6-7,11H,2,5,8-10H2,1H3,(H,19,20)/b14-11-. The average molecular weight is 365 g/mol. The average Bonchev–Trinajstić information content (AvgIpc) is 2.81. The molecule has 1 aromatic rings. The Hall–Kier alpha value is -1.86. The minimum absolute atomic E-state index is 0.0177. The molecular formula is C17H19NO4S2. The third kappa shape index (κ3) is 4.82. The summed E-state index contributed by atoms with van der Waals surface area (Å²) >= 11 is 6.48. The molecule has 24 heavy (non-hydrogen) atoms. The quantitative estimate of drug-likeness (QED) is 0.561. The first-order chi connectivity index (χ1) is 11.5. The van der Waals surface area contributed by atoms with Crippen LogP contribution in [-0.2, 0) is 9.59 Å². The zero-order chi connectivity index (χ0) is 17.5. The van der Waals surface area contributed by atoms with Crippen LogP contribution in [0.1, 0.15) is 31.7 Å². The molecule has 0 saturated carbocycles. The number of aliphatic carboxylic acids is 1. The van der Waals surface area contributed by atoms with Gasteiger partial charge in [0.2, 0.25) is 0 Å². The number of carbonyl (C=O) groups is 2. The summed E-state index contributed by atoms with van der Waals surface area (Å²) in [5.41, 5.74) is 0.831. The summed E-state index contributed by atoms with van der Waals surface area (Å²) in [6, 6.07) is 7.54. The second-order valence-corrected chi connectivity index (χ2v) is 6.89. The topological polar surface area (TPSA) is 66.8 Å². The highest BCUT2D eigenvalue weighted by Gasteiger charge is 2.31. The molecule has 0 unspecified atom stereocenters. The van der Waals surface area contributed by atoms with E-state index in [4.69, 9.17) is 22.1 Å². The molecule has 128 valence electrons. The van der Waals surface area contributed by atoms with Crippen LogP contribution < -0.4 is 4.74 Å². The fourth-order valence-electron chi connectivity index (χ4n) is 2.17. The van der Waals surface area contributed by atoms with Gasteiger partial charge in [-0.2, -0.15) is 0 Å². The molecule has 0 radical (unpaired) electrons. The van der Waals surface area contributed by atoms with Crippen molar-refractivity contribution in [2.45, 2.75) is 26.2 Å². The molecule has 1 heterocycles. The highest BCUT2D eigenvalue weighted by Crippen LogP contribution is 2.34. The summed E-state index contributed by atoms with van der Waals surface area (Å²) < 4.78 is 6.16. The maximum Gasteiger partial charge on any atom is 0.303 e. The van der Waals surface area contributed by atoms with E-state index in [1.807, 2.05) is 31.2 Å². The van der Waals surface area contributed by atoms with Gasteiger partial charge in [0, 0.05) is 18.5 Å². The molecule has 1 aliphatic heterocycles. The first kappa shape index (κ1) is 18.5. The molecular weight excluding hydrogens is 346 g/mol. The largest absolute Gasteiger partial charge is 0.493 e. The Labute approximate surface area is 150 Å². The van der Waals surface area contributed by atoms with E-state index in [9.17, 15) is 9.59 Å². The number of para-hydroxylation sites is 1. The molecule has 1 N–H and O–H groups in total. The third-order valence-electron chi connectivity index (χ3n) is 3.31. The van der Waals surface area contributed by atoms with Gasteiger partial charge in [-0.25, -0.2) is 0 Å². The van der Waals surface area contributed by atoms with Crippen molar-refractivity contribution in [2.24, 2.45) is 0 Å². The number of hydrogen-bond acceptors (Lipinski definition) is 5. The summed E-state index contributed by atoms with van der Waals surface area (Å²) in [6.07, 6.45) is 3.08. The lowest BCUT2D eigenvalue weighted by atomic mass is 10.2. The highest BCUT2D eigenvalue weighted by atomic mass is 32.2. The molecule has 1 fully saturated rings. The van der Waals surface area contributed by atoms with E-state index in [-0.39, 0.29) is 12.3 Å². The highest BCUT2D eigenvalue weighted by molar-refractivity contribution is 8.26. The monoisotopic (exact) mass is 365 g/mol. The van der Waals surface area contributed by atoms with Crippen molar-refractivity contribution in [1.29, 1.82) is 0 Å². The summed E-state index contributed by atoms with van der Waals surface area (Å²) in [6.45, 7) is 2.97. The van der Waals surface area contributed by atoms with Crippen LogP contribution in [-0.4, -0.2) is 39.4 Å². The van der Waals surface area contributed by atoms with Crippen LogP contribution in [0.4, 0.5) is 0 Å². The zero-order valence-electron chi connectivity index (χ0n) is 13.4. The Balaban J connectivity index is 2.12. The lowest BCUT2D eigenvalue weighted by Crippen LogP contribution is -2.29. The lowest BCUT2D eigenvalue weighted by Gasteiger charge is -2.13. The molecule has 7 heteroatoms. The summed E-state index contributed by atoms with van der Waals surface area (Å²) in [4.78, 5) is 25.1. The summed E-state index contributed by atoms with van der Waals surface area (Å²) in [5, 5.41) is 8.70. The molecule has 1 aromatic carbocycles. The molecule has 0 spiro atoms. The van der Waals surface area contributed by atoms with E-state index in [2.05, 4.69) is 0 Å². The van der Waals surface area contributed by atoms with Gasteiger partial charge < -0.3 is 9.84 Å². The van der Waals surface area contributed by atoms with Gasteiger partial charge in [-0.15, -0.1) is 0 Å². The molecule has 0 aromatic heterocycles. The number of nitrogens with zero attached hydrogens (tertiary/aromatic N) is 1. The number of carbonyl (C=O) groups excluding carboxylic acids is 1. The Kier molecular flexibility index (Phi) is 6.81. The second kappa shape index (κ2) is 8.84. The minimum Gasteiger partial charge on any atom is -0.493 e. The van der Waals surface area contributed by atoms with Crippen LogP contribution in [0.3, 0.4) is 0 Å². The van der Waals surface area contributed by atoms with Crippen LogP contribution in [0, 0.1) is 0 Å². The molecule has 1 aliphatic rings. The number of benzene rings is 1. The van der Waals surface area contributed by atoms with E-state index in [1.54, 1.807) is 6.08 Å². The van der Waals surface area contributed by atoms with E-state index in [0.717, 1.165) is 17.7 Å². The predicted octanol–water partition coefficient (Wildman–Crippen LogP) is 3.54. The number of thioether (sulfide) groups is 1. The number of carboxylic acids is 1. The number of rotatable bonds is 8. The van der Waals surface area contributed by atoms with Crippen molar-refractivity contribution in [3.8, 4) is 5.75 Å². The smallest absolute Gasteiger partial charge is 0.303 e. The minimum atomic E-state index is -0.877. The van der Waals surface area contributed by atoms with Crippen molar-refractivity contribution < 1.29 is 19.4 Å². The second-order valence-electron chi connectivity index (χ2n) is 5.22. The van der Waals surface area contributed by atoms with E-state index < -0.39 is 5.97 Å². The van der Waals surface area contributed by atoms with Crippen LogP contribution in [0.25, 0.3) is 6.08 Å². The van der Waals surface area contributed by atoms with Crippen molar-refractivity contribution in [1.82, 2.24) is 4.90 Å². The maximum absolute atomic E-state index is 12.5. The molecule has 5 nitrogen and oxygen atoms in total. The molecule has 0 atom stereocenters. The fourth-order valence-corrected chi connectivity index (χ4v) is 3.47. The van der Waals surface area contributed by atoms with Gasteiger partial charge >= 0.3 is 5.97 Å². The van der Waals surface area contributed by atoms with Gasteiger partial charge in [0.25, 0.3) is 5.91 Å². The summed E-state index contributed by atoms with van der Waals surface area (Å²) in [7, 11) is 0. The summed E-state index contributed by atoms with van der Waals surface area (Å²) in [5.74, 6) is -0.325. The van der Waals surface area contributed by atoms with Gasteiger partial charge in [-0.3, -0.25) is 14.5 Å². The Morgan fingerprint density at radius 2 is 2.17 bits per heavy atom. The molecule has 1 amide bonds. The number of carboxylic acid groups (broad SMARTS) is 1. The number of amides is 1.